The quantitative estimate of drug-likeness (QED) is 0.338. The van der Waals surface area contributed by atoms with Crippen molar-refractivity contribution >= 4 is 11.9 Å². The molecule has 1 unspecified atom stereocenters. The zero-order valence-electron chi connectivity index (χ0n) is 16.9. The van der Waals surface area contributed by atoms with Crippen LogP contribution in [0.3, 0.4) is 0 Å². The molecule has 1 atom stereocenters. The lowest BCUT2D eigenvalue weighted by atomic mass is 9.94. The third-order valence-electron chi connectivity index (χ3n) is 4.74. The predicted octanol–water partition coefficient (Wildman–Crippen LogP) is 5.52. The number of carbonyl (C=O) groups is 2. The van der Waals surface area contributed by atoms with Crippen LogP contribution in [0.4, 0.5) is 0 Å². The van der Waals surface area contributed by atoms with E-state index in [1.165, 1.54) is 0 Å². The third-order valence-corrected chi connectivity index (χ3v) is 4.74. The molecule has 0 aliphatic heterocycles. The van der Waals surface area contributed by atoms with Gasteiger partial charge in [-0.15, -0.1) is 0 Å². The second kappa shape index (κ2) is 13.6. The molecular weight excluding hydrogens is 328 g/mol. The van der Waals surface area contributed by atoms with Crippen molar-refractivity contribution < 1.29 is 19.1 Å². The summed E-state index contributed by atoms with van der Waals surface area (Å²) in [5.41, 5.74) is 1.60. The lowest BCUT2D eigenvalue weighted by Gasteiger charge is -2.17. The van der Waals surface area contributed by atoms with E-state index in [1.807, 2.05) is 13.0 Å². The molecule has 0 aromatic heterocycles. The van der Waals surface area contributed by atoms with Gasteiger partial charge in [0.25, 0.3) is 0 Å². The molecule has 148 valence electrons. The van der Waals surface area contributed by atoms with Gasteiger partial charge in [0.15, 0.2) is 0 Å². The van der Waals surface area contributed by atoms with Gasteiger partial charge in [-0.25, -0.2) is 4.79 Å². The molecule has 0 heterocycles. The largest absolute Gasteiger partial charge is 0.465 e. The molecular formula is C22H36O4. The topological polar surface area (TPSA) is 52.6 Å². The molecule has 4 nitrogen and oxygen atoms in total. The van der Waals surface area contributed by atoms with Crippen molar-refractivity contribution in [3.05, 3.63) is 23.3 Å². The number of unbranched alkanes of at least 4 members (excludes halogenated alkanes) is 6. The monoisotopic (exact) mass is 364 g/mol. The average Bonchev–Trinajstić information content (AvgIpc) is 2.83. The Balaban J connectivity index is 2.57. The van der Waals surface area contributed by atoms with E-state index in [2.05, 4.69) is 13.8 Å². The molecule has 0 saturated heterocycles. The SMILES string of the molecule is CCCCCCOC(=O)C1=CC=C(C)CCC1C(=O)OCCCCCC. The zero-order valence-corrected chi connectivity index (χ0v) is 16.9. The van der Waals surface area contributed by atoms with Crippen molar-refractivity contribution in [1.82, 2.24) is 0 Å². The Hall–Kier alpha value is -1.58. The molecule has 0 bridgehead atoms. The summed E-state index contributed by atoms with van der Waals surface area (Å²) in [6.07, 6.45) is 13.5. The van der Waals surface area contributed by atoms with Gasteiger partial charge in [0.1, 0.15) is 0 Å². The van der Waals surface area contributed by atoms with Crippen LogP contribution >= 0.6 is 0 Å². The van der Waals surface area contributed by atoms with Crippen molar-refractivity contribution in [2.75, 3.05) is 13.2 Å². The van der Waals surface area contributed by atoms with Crippen LogP contribution in [-0.2, 0) is 19.1 Å². The number of hydrogen-bond donors (Lipinski definition) is 0. The Morgan fingerprint density at radius 3 is 2.15 bits per heavy atom. The Morgan fingerprint density at radius 2 is 1.54 bits per heavy atom. The average molecular weight is 365 g/mol. The van der Waals surface area contributed by atoms with E-state index in [-0.39, 0.29) is 11.9 Å². The van der Waals surface area contributed by atoms with Crippen molar-refractivity contribution in [2.45, 2.75) is 85.0 Å². The van der Waals surface area contributed by atoms with Crippen LogP contribution in [0.1, 0.15) is 85.0 Å². The molecule has 26 heavy (non-hydrogen) atoms. The Bertz CT molecular complexity index is 490. The summed E-state index contributed by atoms with van der Waals surface area (Å²) in [6.45, 7) is 7.16. The fourth-order valence-corrected chi connectivity index (χ4v) is 2.99. The number of esters is 2. The summed E-state index contributed by atoms with van der Waals surface area (Å²) >= 11 is 0. The molecule has 0 N–H and O–H groups in total. The van der Waals surface area contributed by atoms with Crippen LogP contribution < -0.4 is 0 Å². The van der Waals surface area contributed by atoms with Crippen LogP contribution in [0.25, 0.3) is 0 Å². The van der Waals surface area contributed by atoms with Crippen molar-refractivity contribution in [2.24, 2.45) is 5.92 Å². The lowest BCUT2D eigenvalue weighted by molar-refractivity contribution is -0.151. The first-order valence-corrected chi connectivity index (χ1v) is 10.3. The van der Waals surface area contributed by atoms with Gasteiger partial charge >= 0.3 is 11.9 Å². The molecule has 1 aliphatic rings. The minimum absolute atomic E-state index is 0.293. The molecule has 0 aromatic rings. The van der Waals surface area contributed by atoms with Gasteiger partial charge < -0.3 is 9.47 Å². The molecule has 4 heteroatoms. The highest BCUT2D eigenvalue weighted by atomic mass is 16.5. The summed E-state index contributed by atoms with van der Waals surface area (Å²) in [5, 5.41) is 0. The maximum Gasteiger partial charge on any atom is 0.334 e. The van der Waals surface area contributed by atoms with Gasteiger partial charge in [0.05, 0.1) is 24.7 Å². The van der Waals surface area contributed by atoms with E-state index in [9.17, 15) is 9.59 Å². The summed E-state index contributed by atoms with van der Waals surface area (Å²) in [5.74, 6) is -1.18. The number of ether oxygens (including phenoxy) is 2. The van der Waals surface area contributed by atoms with Crippen LogP contribution in [0.5, 0.6) is 0 Å². The summed E-state index contributed by atoms with van der Waals surface area (Å²) in [7, 11) is 0. The second-order valence-corrected chi connectivity index (χ2v) is 7.15. The van der Waals surface area contributed by atoms with Gasteiger partial charge in [-0.2, -0.15) is 0 Å². The molecule has 0 radical (unpaired) electrons. The van der Waals surface area contributed by atoms with Crippen LogP contribution in [0, 0.1) is 5.92 Å². The third kappa shape index (κ3) is 8.68. The number of rotatable bonds is 12. The smallest absolute Gasteiger partial charge is 0.334 e. The Kier molecular flexibility index (Phi) is 11.7. The zero-order chi connectivity index (χ0) is 19.2. The molecule has 0 spiro atoms. The van der Waals surface area contributed by atoms with Gasteiger partial charge in [0, 0.05) is 0 Å². The predicted molar refractivity (Wildman–Crippen MR) is 105 cm³/mol. The van der Waals surface area contributed by atoms with E-state index >= 15 is 0 Å². The Morgan fingerprint density at radius 1 is 0.923 bits per heavy atom. The molecule has 1 aliphatic carbocycles. The fourth-order valence-electron chi connectivity index (χ4n) is 2.99. The highest BCUT2D eigenvalue weighted by molar-refractivity contribution is 5.96. The highest BCUT2D eigenvalue weighted by Crippen LogP contribution is 2.26. The number of hydrogen-bond acceptors (Lipinski definition) is 4. The maximum absolute atomic E-state index is 12.5. The minimum Gasteiger partial charge on any atom is -0.465 e. The summed E-state index contributed by atoms with van der Waals surface area (Å²) in [4.78, 5) is 25.0. The first-order chi connectivity index (χ1) is 12.6. The van der Waals surface area contributed by atoms with Crippen LogP contribution in [-0.4, -0.2) is 25.2 Å². The van der Waals surface area contributed by atoms with E-state index in [4.69, 9.17) is 9.47 Å². The van der Waals surface area contributed by atoms with Gasteiger partial charge in [0.2, 0.25) is 0 Å². The summed E-state index contributed by atoms with van der Waals surface area (Å²) in [6, 6.07) is 0. The Labute approximate surface area is 159 Å². The first kappa shape index (κ1) is 22.5. The standard InChI is InChI=1S/C22H36O4/c1-4-6-8-10-16-25-21(23)19-14-12-18(3)13-15-20(19)22(24)26-17-11-9-7-5-2/h12,14,20H,4-11,13,15-17H2,1-3H3. The van der Waals surface area contributed by atoms with E-state index in [1.54, 1.807) is 6.08 Å². The second-order valence-electron chi connectivity index (χ2n) is 7.15. The summed E-state index contributed by atoms with van der Waals surface area (Å²) < 4.78 is 10.9. The lowest BCUT2D eigenvalue weighted by Crippen LogP contribution is -2.25. The number of carbonyl (C=O) groups excluding carboxylic acids is 2. The molecule has 0 aromatic carbocycles. The molecule has 0 fully saturated rings. The maximum atomic E-state index is 12.5. The molecule has 0 saturated carbocycles. The number of allylic oxidation sites excluding steroid dienone is 3. The van der Waals surface area contributed by atoms with E-state index in [0.29, 0.717) is 25.2 Å². The fraction of sp³-hybridized carbons (Fsp3) is 0.727. The van der Waals surface area contributed by atoms with Crippen molar-refractivity contribution in [1.29, 1.82) is 0 Å². The first-order valence-electron chi connectivity index (χ1n) is 10.3. The van der Waals surface area contributed by atoms with Gasteiger partial charge in [-0.05, 0) is 32.6 Å². The van der Waals surface area contributed by atoms with Gasteiger partial charge in [-0.1, -0.05) is 70.1 Å². The molecule has 0 amide bonds. The minimum atomic E-state index is -0.516. The van der Waals surface area contributed by atoms with Gasteiger partial charge in [-0.3, -0.25) is 4.79 Å². The van der Waals surface area contributed by atoms with Crippen LogP contribution in [0.2, 0.25) is 0 Å². The van der Waals surface area contributed by atoms with E-state index < -0.39 is 5.92 Å². The molecule has 1 rings (SSSR count). The normalized spacial score (nSPS) is 17.1. The van der Waals surface area contributed by atoms with Crippen molar-refractivity contribution in [3.63, 3.8) is 0 Å². The van der Waals surface area contributed by atoms with E-state index in [0.717, 1.165) is 63.4 Å². The highest BCUT2D eigenvalue weighted by Gasteiger charge is 2.30. The van der Waals surface area contributed by atoms with Crippen LogP contribution in [0.15, 0.2) is 23.3 Å². The van der Waals surface area contributed by atoms with Crippen molar-refractivity contribution in [3.8, 4) is 0 Å².